The number of aromatic nitrogens is 1. The van der Waals surface area contributed by atoms with Crippen molar-refractivity contribution in [1.82, 2.24) is 5.16 Å². The number of benzene rings is 2. The Balaban J connectivity index is 0.00000243. The number of ether oxygens (including phenoxy) is 1. The fourth-order valence-corrected chi connectivity index (χ4v) is 2.48. The minimum Gasteiger partial charge on any atom is -0.495 e. The van der Waals surface area contributed by atoms with Crippen LogP contribution in [0.1, 0.15) is 5.69 Å². The predicted molar refractivity (Wildman–Crippen MR) is 114 cm³/mol. The molecule has 3 aromatic rings. The topological polar surface area (TPSA) is 85.7 Å². The second-order valence-corrected chi connectivity index (χ2v) is 5.63. The first kappa shape index (κ1) is 20.1. The summed E-state index contributed by atoms with van der Waals surface area (Å²) in [5.74, 6) is 1.54. The molecule has 2 aromatic carbocycles. The average molecular weight is 485 g/mol. The lowest BCUT2D eigenvalue weighted by molar-refractivity contribution is 0.415. The number of rotatable bonds is 5. The molecule has 1 aromatic heterocycles. The molecular weight excluding hydrogens is 467 g/mol. The molecule has 1 heterocycles. The Bertz CT molecular complexity index is 884. The van der Waals surface area contributed by atoms with Crippen LogP contribution in [0.3, 0.4) is 0 Å². The lowest BCUT2D eigenvalue weighted by Gasteiger charge is -2.08. The summed E-state index contributed by atoms with van der Waals surface area (Å²) in [7, 11) is 1.56. The molecule has 0 saturated carbocycles. The maximum absolute atomic E-state index is 6.08. The minimum absolute atomic E-state index is 0. The highest BCUT2D eigenvalue weighted by Gasteiger charge is 2.06. The van der Waals surface area contributed by atoms with Gasteiger partial charge in [0.15, 0.2) is 11.7 Å². The minimum atomic E-state index is 0. The number of nitrogens with zero attached hydrogens (tertiary/aromatic N) is 2. The van der Waals surface area contributed by atoms with Gasteiger partial charge in [-0.05, 0) is 18.2 Å². The molecule has 0 fully saturated rings. The van der Waals surface area contributed by atoms with Crippen LogP contribution in [-0.4, -0.2) is 18.2 Å². The maximum atomic E-state index is 6.08. The molecule has 6 nitrogen and oxygen atoms in total. The van der Waals surface area contributed by atoms with Crippen molar-refractivity contribution in [3.05, 3.63) is 65.3 Å². The number of methoxy groups -OCH3 is 1. The first-order valence-corrected chi connectivity index (χ1v) is 7.95. The van der Waals surface area contributed by atoms with Crippen LogP contribution in [0, 0.1) is 0 Å². The van der Waals surface area contributed by atoms with Gasteiger partial charge in [0.1, 0.15) is 11.4 Å². The molecule has 0 aliphatic heterocycles. The highest BCUT2D eigenvalue weighted by molar-refractivity contribution is 14.0. The van der Waals surface area contributed by atoms with E-state index in [-0.39, 0.29) is 29.9 Å². The van der Waals surface area contributed by atoms with Gasteiger partial charge in [0.2, 0.25) is 0 Å². The number of guanidine groups is 1. The lowest BCUT2D eigenvalue weighted by Crippen LogP contribution is -2.22. The van der Waals surface area contributed by atoms with Gasteiger partial charge in [0, 0.05) is 17.3 Å². The summed E-state index contributed by atoms with van der Waals surface area (Å²) >= 11 is 6.08. The van der Waals surface area contributed by atoms with E-state index in [1.54, 1.807) is 25.3 Å². The van der Waals surface area contributed by atoms with E-state index in [0.29, 0.717) is 28.8 Å². The second-order valence-electron chi connectivity index (χ2n) is 5.22. The molecule has 0 atom stereocenters. The fourth-order valence-electron chi connectivity index (χ4n) is 2.22. The molecule has 0 aliphatic rings. The number of halogens is 2. The third kappa shape index (κ3) is 5.12. The Morgan fingerprint density at radius 3 is 2.69 bits per heavy atom. The van der Waals surface area contributed by atoms with Gasteiger partial charge in [0.05, 0.1) is 18.7 Å². The summed E-state index contributed by atoms with van der Waals surface area (Å²) < 4.78 is 10.4. The number of aliphatic imine (C=N–C) groups is 1. The Morgan fingerprint density at radius 1 is 1.23 bits per heavy atom. The zero-order chi connectivity index (χ0) is 17.6. The first-order valence-electron chi connectivity index (χ1n) is 7.57. The predicted octanol–water partition coefficient (Wildman–Crippen LogP) is 4.55. The van der Waals surface area contributed by atoms with Crippen LogP contribution in [0.25, 0.3) is 11.3 Å². The van der Waals surface area contributed by atoms with Crippen LogP contribution < -0.4 is 15.8 Å². The van der Waals surface area contributed by atoms with Gasteiger partial charge >= 0.3 is 0 Å². The normalized spacial score (nSPS) is 10.9. The van der Waals surface area contributed by atoms with Gasteiger partial charge in [-0.15, -0.1) is 24.0 Å². The third-order valence-electron chi connectivity index (χ3n) is 3.45. The molecule has 0 amide bonds. The van der Waals surface area contributed by atoms with E-state index >= 15 is 0 Å². The Kier molecular flexibility index (Phi) is 7.28. The molecule has 0 unspecified atom stereocenters. The Hall–Kier alpha value is -2.26. The summed E-state index contributed by atoms with van der Waals surface area (Å²) in [6.07, 6.45) is 0. The van der Waals surface area contributed by atoms with Crippen LogP contribution in [0.15, 0.2) is 64.1 Å². The van der Waals surface area contributed by atoms with E-state index in [0.717, 1.165) is 11.3 Å². The molecule has 3 rings (SSSR count). The van der Waals surface area contributed by atoms with Crippen LogP contribution in [0.2, 0.25) is 5.02 Å². The quantitative estimate of drug-likeness (QED) is 0.315. The molecule has 0 aliphatic carbocycles. The van der Waals surface area contributed by atoms with Crippen molar-refractivity contribution < 1.29 is 9.26 Å². The zero-order valence-electron chi connectivity index (χ0n) is 14.0. The van der Waals surface area contributed by atoms with Crippen molar-refractivity contribution in [2.24, 2.45) is 10.7 Å². The van der Waals surface area contributed by atoms with Crippen molar-refractivity contribution in [3.63, 3.8) is 0 Å². The molecule has 0 saturated heterocycles. The smallest absolute Gasteiger partial charge is 0.193 e. The van der Waals surface area contributed by atoms with Crippen LogP contribution >= 0.6 is 35.6 Å². The summed E-state index contributed by atoms with van der Waals surface area (Å²) in [5, 5.41) is 7.47. The average Bonchev–Trinajstić information content (AvgIpc) is 3.10. The van der Waals surface area contributed by atoms with Crippen LogP contribution in [-0.2, 0) is 6.54 Å². The molecule has 136 valence electrons. The van der Waals surface area contributed by atoms with E-state index in [1.165, 1.54) is 0 Å². The third-order valence-corrected chi connectivity index (χ3v) is 3.75. The molecular formula is C18H18ClIN4O2. The zero-order valence-corrected chi connectivity index (χ0v) is 17.1. The largest absolute Gasteiger partial charge is 0.495 e. The van der Waals surface area contributed by atoms with E-state index in [1.807, 2.05) is 36.4 Å². The maximum Gasteiger partial charge on any atom is 0.193 e. The van der Waals surface area contributed by atoms with E-state index in [4.69, 9.17) is 26.6 Å². The molecule has 26 heavy (non-hydrogen) atoms. The summed E-state index contributed by atoms with van der Waals surface area (Å²) in [6.45, 7) is 0.305. The molecule has 8 heteroatoms. The van der Waals surface area contributed by atoms with Crippen molar-refractivity contribution >= 4 is 47.2 Å². The van der Waals surface area contributed by atoms with Crippen LogP contribution in [0.5, 0.6) is 5.75 Å². The summed E-state index contributed by atoms with van der Waals surface area (Å²) in [4.78, 5) is 4.26. The van der Waals surface area contributed by atoms with Gasteiger partial charge in [-0.2, -0.15) is 0 Å². The SMILES string of the molecule is COc1ccc(NC(N)=NCc2cc(-c3ccccc3)on2)cc1Cl.I. The highest BCUT2D eigenvalue weighted by Crippen LogP contribution is 2.27. The van der Waals surface area contributed by atoms with Crippen molar-refractivity contribution in [3.8, 4) is 17.1 Å². The Labute approximate surface area is 173 Å². The monoisotopic (exact) mass is 484 g/mol. The lowest BCUT2D eigenvalue weighted by atomic mass is 10.2. The molecule has 0 radical (unpaired) electrons. The van der Waals surface area contributed by atoms with Crippen LogP contribution in [0.4, 0.5) is 5.69 Å². The summed E-state index contributed by atoms with van der Waals surface area (Å²) in [6, 6.07) is 16.9. The van der Waals surface area contributed by atoms with Crippen molar-refractivity contribution in [2.45, 2.75) is 6.54 Å². The van der Waals surface area contributed by atoms with Gasteiger partial charge in [0.25, 0.3) is 0 Å². The van der Waals surface area contributed by atoms with E-state index in [2.05, 4.69) is 15.5 Å². The highest BCUT2D eigenvalue weighted by atomic mass is 127. The standard InChI is InChI=1S/C18H17ClN4O2.HI/c1-24-16-8-7-13(9-15(16)19)22-18(20)21-11-14-10-17(25-23-14)12-5-3-2-4-6-12;/h2-10H,11H2,1H3,(H3,20,21,22);1H. The Morgan fingerprint density at radius 2 is 2.00 bits per heavy atom. The van der Waals surface area contributed by atoms with E-state index < -0.39 is 0 Å². The first-order chi connectivity index (χ1) is 12.2. The van der Waals surface area contributed by atoms with Crippen molar-refractivity contribution in [1.29, 1.82) is 0 Å². The number of nitrogens with two attached hydrogens (primary N) is 1. The second kappa shape index (κ2) is 9.44. The number of nitrogens with one attached hydrogen (secondary N) is 1. The van der Waals surface area contributed by atoms with Gasteiger partial charge in [-0.1, -0.05) is 47.1 Å². The van der Waals surface area contributed by atoms with E-state index in [9.17, 15) is 0 Å². The number of hydrogen-bond acceptors (Lipinski definition) is 4. The van der Waals surface area contributed by atoms with Crippen molar-refractivity contribution in [2.75, 3.05) is 12.4 Å². The fraction of sp³-hybridized carbons (Fsp3) is 0.111. The van der Waals surface area contributed by atoms with Gasteiger partial charge in [-0.3, -0.25) is 0 Å². The number of anilines is 1. The van der Waals surface area contributed by atoms with Gasteiger partial charge in [-0.25, -0.2) is 4.99 Å². The summed E-state index contributed by atoms with van der Waals surface area (Å²) in [5.41, 5.74) is 8.27. The molecule has 3 N–H and O–H groups in total. The molecule has 0 spiro atoms. The molecule has 0 bridgehead atoms. The van der Waals surface area contributed by atoms with Gasteiger partial charge < -0.3 is 20.3 Å². The number of hydrogen-bond donors (Lipinski definition) is 2.